The van der Waals surface area contributed by atoms with E-state index in [-0.39, 0.29) is 0 Å². The van der Waals surface area contributed by atoms with Gasteiger partial charge >= 0.3 is 35.0 Å². The number of carbonyl (C=O) groups excluding carboxylic acids is 3. The van der Waals surface area contributed by atoms with Crippen LogP contribution in [-0.2, 0) is 28.6 Å². The number of rotatable bonds is 9. The highest BCUT2D eigenvalue weighted by molar-refractivity contribution is 5.72. The van der Waals surface area contributed by atoms with Crippen LogP contribution in [0.3, 0.4) is 0 Å². The number of hydrogen-bond donors (Lipinski definition) is 0. The van der Waals surface area contributed by atoms with Crippen molar-refractivity contribution >= 4 is 17.9 Å². The molecular weight excluding hydrogens is 444 g/mol. The maximum absolute atomic E-state index is 12.9. The van der Waals surface area contributed by atoms with E-state index in [0.29, 0.717) is 13.7 Å². The molecule has 174 valence electrons. The number of hydrogen-bond acceptors (Lipinski definition) is 12. The molecule has 33 heavy (non-hydrogen) atoms. The summed E-state index contributed by atoms with van der Waals surface area (Å²) in [5, 5.41) is 25.7. The Labute approximate surface area is 185 Å². The first-order valence-electron chi connectivity index (χ1n) is 9.18. The lowest BCUT2D eigenvalue weighted by Crippen LogP contribution is -2.57. The molecule has 0 radical (unpaired) electrons. The Bertz CT molecular complexity index is 1050. The molecule has 1 aromatic rings. The molecule has 3 unspecified atom stereocenters. The van der Waals surface area contributed by atoms with Crippen molar-refractivity contribution in [3.63, 3.8) is 0 Å². The molecule has 0 aliphatic rings. The second-order valence-corrected chi connectivity index (χ2v) is 6.23. The molecule has 0 aliphatic heterocycles. The summed E-state index contributed by atoms with van der Waals surface area (Å²) in [5.41, 5.74) is -4.07. The summed E-state index contributed by atoms with van der Waals surface area (Å²) < 4.78 is 15.5. The predicted molar refractivity (Wildman–Crippen MR) is 102 cm³/mol. The average molecular weight is 462 g/mol. The summed E-state index contributed by atoms with van der Waals surface area (Å²) in [6, 6.07) is 4.56. The van der Waals surface area contributed by atoms with E-state index in [0.717, 1.165) is 20.8 Å². The van der Waals surface area contributed by atoms with E-state index < -0.39 is 72.9 Å². The van der Waals surface area contributed by atoms with Crippen LogP contribution in [0, 0.1) is 34.0 Å². The second-order valence-electron chi connectivity index (χ2n) is 6.23. The molecule has 15 nitrogen and oxygen atoms in total. The van der Waals surface area contributed by atoms with Gasteiger partial charge < -0.3 is 14.2 Å². The lowest BCUT2D eigenvalue weighted by molar-refractivity contribution is -0.153. The SMILES string of the molecule is CC(OC(=O)CC#N)n1c(=O)n(C(C)OC(=O)CC#N)c(=O)n(C(C)OC(=O)CC#N)c1=O. The van der Waals surface area contributed by atoms with Gasteiger partial charge in [-0.25, -0.2) is 28.1 Å². The maximum atomic E-state index is 12.9. The van der Waals surface area contributed by atoms with Gasteiger partial charge in [0, 0.05) is 0 Å². The summed E-state index contributed by atoms with van der Waals surface area (Å²) in [5.74, 6) is -3.24. The van der Waals surface area contributed by atoms with Crippen molar-refractivity contribution in [1.29, 1.82) is 15.8 Å². The molecule has 0 saturated carbocycles. The predicted octanol–water partition coefficient (Wildman–Crippen LogP) is -0.902. The molecule has 0 aliphatic carbocycles. The quantitative estimate of drug-likeness (QED) is 0.322. The zero-order chi connectivity index (χ0) is 25.3. The largest absolute Gasteiger partial charge is 0.440 e. The van der Waals surface area contributed by atoms with E-state index in [1.807, 2.05) is 0 Å². The molecule has 0 N–H and O–H groups in total. The van der Waals surface area contributed by atoms with E-state index >= 15 is 0 Å². The Kier molecular flexibility index (Phi) is 9.27. The molecule has 0 fully saturated rings. The van der Waals surface area contributed by atoms with E-state index in [1.54, 1.807) is 0 Å². The van der Waals surface area contributed by atoms with Crippen LogP contribution in [0.15, 0.2) is 14.4 Å². The van der Waals surface area contributed by atoms with E-state index in [4.69, 9.17) is 30.0 Å². The van der Waals surface area contributed by atoms with Gasteiger partial charge in [0.25, 0.3) is 0 Å². The number of ether oxygens (including phenoxy) is 3. The van der Waals surface area contributed by atoms with Crippen molar-refractivity contribution in [3.8, 4) is 18.2 Å². The fourth-order valence-corrected chi connectivity index (χ4v) is 2.57. The fourth-order valence-electron chi connectivity index (χ4n) is 2.57. The van der Waals surface area contributed by atoms with Gasteiger partial charge in [-0.3, -0.25) is 14.4 Å². The van der Waals surface area contributed by atoms with Crippen LogP contribution in [-0.4, -0.2) is 31.6 Å². The molecule has 0 saturated heterocycles. The van der Waals surface area contributed by atoms with Crippen molar-refractivity contribution in [2.24, 2.45) is 0 Å². The van der Waals surface area contributed by atoms with Gasteiger partial charge in [-0.05, 0) is 20.8 Å². The molecule has 1 rings (SSSR count). The zero-order valence-corrected chi connectivity index (χ0v) is 17.7. The number of nitriles is 3. The Morgan fingerprint density at radius 2 is 0.848 bits per heavy atom. The average Bonchev–Trinajstić information content (AvgIpc) is 2.67. The topological polar surface area (TPSA) is 216 Å². The Morgan fingerprint density at radius 1 is 0.636 bits per heavy atom. The van der Waals surface area contributed by atoms with Crippen molar-refractivity contribution in [2.75, 3.05) is 0 Å². The lowest BCUT2D eigenvalue weighted by Gasteiger charge is -2.23. The summed E-state index contributed by atoms with van der Waals surface area (Å²) in [6.45, 7) is 3.28. The Balaban J connectivity index is 3.73. The fraction of sp³-hybridized carbons (Fsp3) is 0.500. The number of carbonyl (C=O) groups is 3. The van der Waals surface area contributed by atoms with Gasteiger partial charge in [-0.2, -0.15) is 15.8 Å². The zero-order valence-electron chi connectivity index (χ0n) is 17.7. The summed E-state index contributed by atoms with van der Waals surface area (Å²) in [4.78, 5) is 73.7. The highest BCUT2D eigenvalue weighted by atomic mass is 16.6. The van der Waals surface area contributed by atoms with Crippen LogP contribution in [0.2, 0.25) is 0 Å². The first-order chi connectivity index (χ1) is 15.5. The summed E-state index contributed by atoms with van der Waals surface area (Å²) in [6.07, 6.45) is -6.99. The molecule has 3 atom stereocenters. The minimum Gasteiger partial charge on any atom is -0.440 e. The molecule has 0 amide bonds. The number of aromatic nitrogens is 3. The maximum Gasteiger partial charge on any atom is 0.342 e. The van der Waals surface area contributed by atoms with Gasteiger partial charge in [0.1, 0.15) is 19.3 Å². The van der Waals surface area contributed by atoms with Crippen LogP contribution in [0.5, 0.6) is 0 Å². The van der Waals surface area contributed by atoms with E-state index in [1.165, 1.54) is 18.2 Å². The lowest BCUT2D eigenvalue weighted by atomic mass is 10.4. The smallest absolute Gasteiger partial charge is 0.342 e. The summed E-state index contributed by atoms with van der Waals surface area (Å²) >= 11 is 0. The third kappa shape index (κ3) is 6.38. The number of nitrogens with zero attached hydrogens (tertiary/aromatic N) is 6. The monoisotopic (exact) mass is 462 g/mol. The molecular formula is C18H18N6O9. The van der Waals surface area contributed by atoms with Gasteiger partial charge in [0.05, 0.1) is 18.2 Å². The third-order valence-corrected chi connectivity index (χ3v) is 3.90. The highest BCUT2D eigenvalue weighted by Gasteiger charge is 2.28. The Morgan fingerprint density at radius 3 is 1.03 bits per heavy atom. The normalized spacial score (nSPS) is 12.7. The second kappa shape index (κ2) is 11.6. The van der Waals surface area contributed by atoms with Gasteiger partial charge in [-0.15, -0.1) is 0 Å². The Hall–Kier alpha value is -4.71. The van der Waals surface area contributed by atoms with Crippen LogP contribution in [0.25, 0.3) is 0 Å². The van der Waals surface area contributed by atoms with Crippen molar-refractivity contribution in [3.05, 3.63) is 31.5 Å². The van der Waals surface area contributed by atoms with Crippen LogP contribution >= 0.6 is 0 Å². The molecule has 0 aromatic carbocycles. The minimum atomic E-state index is -1.63. The van der Waals surface area contributed by atoms with Crippen molar-refractivity contribution in [1.82, 2.24) is 13.7 Å². The number of esters is 3. The van der Waals surface area contributed by atoms with Crippen molar-refractivity contribution < 1.29 is 28.6 Å². The van der Waals surface area contributed by atoms with Crippen LogP contribution in [0.4, 0.5) is 0 Å². The van der Waals surface area contributed by atoms with Gasteiger partial charge in [0.2, 0.25) is 0 Å². The first kappa shape index (κ1) is 26.3. The van der Waals surface area contributed by atoms with Gasteiger partial charge in [-0.1, -0.05) is 0 Å². The van der Waals surface area contributed by atoms with Crippen LogP contribution in [0.1, 0.15) is 58.7 Å². The van der Waals surface area contributed by atoms with Gasteiger partial charge in [0.15, 0.2) is 18.7 Å². The molecule has 0 bridgehead atoms. The summed E-state index contributed by atoms with van der Waals surface area (Å²) in [7, 11) is 0. The minimum absolute atomic E-state index is 0.305. The molecule has 0 spiro atoms. The molecule has 1 heterocycles. The van der Waals surface area contributed by atoms with E-state index in [9.17, 15) is 28.8 Å². The van der Waals surface area contributed by atoms with Crippen LogP contribution < -0.4 is 17.1 Å². The third-order valence-electron chi connectivity index (χ3n) is 3.90. The van der Waals surface area contributed by atoms with E-state index in [2.05, 4.69) is 0 Å². The van der Waals surface area contributed by atoms with Crippen molar-refractivity contribution in [2.45, 2.75) is 58.7 Å². The molecule has 15 heteroatoms. The molecule has 1 aromatic heterocycles. The highest BCUT2D eigenvalue weighted by Crippen LogP contribution is 2.09. The first-order valence-corrected chi connectivity index (χ1v) is 9.18. The standard InChI is InChI=1S/C18H18N6O9/c1-10(31-13(25)4-7-19)22-16(28)23(11(2)32-14(26)5-8-20)18(30)24(17(22)29)12(3)33-15(27)6-9-21/h10-12H,4-6H2,1-3H3.